The molecule has 1 rings (SSSR count). The summed E-state index contributed by atoms with van der Waals surface area (Å²) < 4.78 is 0. The molecule has 0 saturated carbocycles. The first kappa shape index (κ1) is 10.2. The van der Waals surface area contributed by atoms with Crippen LogP contribution in [0, 0.1) is 0 Å². The summed E-state index contributed by atoms with van der Waals surface area (Å²) in [7, 11) is 0. The van der Waals surface area contributed by atoms with Crippen molar-refractivity contribution in [3.05, 3.63) is 35.4 Å². The highest BCUT2D eigenvalue weighted by molar-refractivity contribution is 5.24. The van der Waals surface area contributed by atoms with Crippen LogP contribution in [0.3, 0.4) is 0 Å². The van der Waals surface area contributed by atoms with Crippen LogP contribution in [-0.2, 0) is 12.8 Å². The van der Waals surface area contributed by atoms with Crippen LogP contribution in [-0.4, -0.2) is 17.8 Å². The summed E-state index contributed by atoms with van der Waals surface area (Å²) in [6.45, 7) is 2.18. The maximum Gasteiger partial charge on any atom is 0.0585 e. The van der Waals surface area contributed by atoms with Gasteiger partial charge in [0.05, 0.1) is 6.61 Å². The molecule has 0 aliphatic rings. The molecule has 0 aliphatic heterocycles. The van der Waals surface area contributed by atoms with Crippen LogP contribution in [0.1, 0.15) is 18.1 Å². The number of benzene rings is 1. The highest BCUT2D eigenvalue weighted by Crippen LogP contribution is 2.07. The molecule has 0 heterocycles. The largest absolute Gasteiger partial charge is 0.395 e. The lowest BCUT2D eigenvalue weighted by atomic mass is 10.0. The zero-order valence-corrected chi connectivity index (χ0v) is 8.03. The Kier molecular flexibility index (Phi) is 3.93. The highest BCUT2D eigenvalue weighted by atomic mass is 16.3. The van der Waals surface area contributed by atoms with Crippen molar-refractivity contribution in [2.75, 3.05) is 6.61 Å². The lowest BCUT2D eigenvalue weighted by molar-refractivity contribution is 0.265. The summed E-state index contributed by atoms with van der Waals surface area (Å²) in [5.41, 5.74) is 8.18. The number of nitrogens with two attached hydrogens (primary N) is 1. The minimum absolute atomic E-state index is 0.0519. The van der Waals surface area contributed by atoms with Crippen molar-refractivity contribution in [2.45, 2.75) is 25.8 Å². The smallest absolute Gasteiger partial charge is 0.0585 e. The molecular formula is C11H17NO. The zero-order chi connectivity index (χ0) is 9.68. The number of aliphatic hydroxyl groups excluding tert-OH is 1. The standard InChI is InChI=1S/C11H17NO/c1-2-9-4-3-5-10(6-9)7-11(12)8-13/h3-6,11,13H,2,7-8,12H2,1H3. The van der Waals surface area contributed by atoms with E-state index in [4.69, 9.17) is 10.8 Å². The highest BCUT2D eigenvalue weighted by Gasteiger charge is 2.02. The van der Waals surface area contributed by atoms with Gasteiger partial charge in [0.1, 0.15) is 0 Å². The fourth-order valence-corrected chi connectivity index (χ4v) is 1.34. The van der Waals surface area contributed by atoms with Crippen LogP contribution in [0.25, 0.3) is 0 Å². The van der Waals surface area contributed by atoms with Gasteiger partial charge >= 0.3 is 0 Å². The normalized spacial score (nSPS) is 12.8. The Hall–Kier alpha value is -0.860. The van der Waals surface area contributed by atoms with Gasteiger partial charge in [0.2, 0.25) is 0 Å². The van der Waals surface area contributed by atoms with Crippen LogP contribution in [0.4, 0.5) is 0 Å². The summed E-state index contributed by atoms with van der Waals surface area (Å²) in [5, 5.41) is 8.80. The molecule has 2 heteroatoms. The summed E-state index contributed by atoms with van der Waals surface area (Å²) in [6.07, 6.45) is 1.80. The van der Waals surface area contributed by atoms with Gasteiger partial charge in [-0.3, -0.25) is 0 Å². The van der Waals surface area contributed by atoms with Gasteiger partial charge in [-0.15, -0.1) is 0 Å². The van der Waals surface area contributed by atoms with Crippen molar-refractivity contribution in [3.63, 3.8) is 0 Å². The van der Waals surface area contributed by atoms with Crippen LogP contribution in [0.15, 0.2) is 24.3 Å². The molecule has 3 N–H and O–H groups in total. The van der Waals surface area contributed by atoms with Gasteiger partial charge in [0.25, 0.3) is 0 Å². The van der Waals surface area contributed by atoms with Crippen molar-refractivity contribution >= 4 is 0 Å². The Balaban J connectivity index is 2.66. The topological polar surface area (TPSA) is 46.2 Å². The van der Waals surface area contributed by atoms with E-state index < -0.39 is 0 Å². The van der Waals surface area contributed by atoms with E-state index in [1.54, 1.807) is 0 Å². The molecule has 0 amide bonds. The van der Waals surface area contributed by atoms with E-state index in [0.717, 1.165) is 12.8 Å². The average molecular weight is 179 g/mol. The van der Waals surface area contributed by atoms with E-state index in [0.29, 0.717) is 0 Å². The minimum Gasteiger partial charge on any atom is -0.395 e. The Bertz CT molecular complexity index is 260. The molecule has 1 aromatic carbocycles. The second-order valence-electron chi connectivity index (χ2n) is 3.32. The third-order valence-corrected chi connectivity index (χ3v) is 2.13. The molecule has 0 aromatic heterocycles. The fourth-order valence-electron chi connectivity index (χ4n) is 1.34. The van der Waals surface area contributed by atoms with Crippen molar-refractivity contribution in [1.29, 1.82) is 0 Å². The molecule has 2 nitrogen and oxygen atoms in total. The number of rotatable bonds is 4. The van der Waals surface area contributed by atoms with E-state index in [1.807, 2.05) is 6.07 Å². The molecule has 1 unspecified atom stereocenters. The molecule has 72 valence electrons. The lowest BCUT2D eigenvalue weighted by Crippen LogP contribution is -2.26. The monoisotopic (exact) mass is 179 g/mol. The predicted molar refractivity (Wildman–Crippen MR) is 54.6 cm³/mol. The van der Waals surface area contributed by atoms with E-state index in [1.165, 1.54) is 11.1 Å². The van der Waals surface area contributed by atoms with Crippen LogP contribution in [0.2, 0.25) is 0 Å². The van der Waals surface area contributed by atoms with Gasteiger partial charge in [-0.2, -0.15) is 0 Å². The van der Waals surface area contributed by atoms with Gasteiger partial charge in [-0.25, -0.2) is 0 Å². The second-order valence-corrected chi connectivity index (χ2v) is 3.32. The van der Waals surface area contributed by atoms with Gasteiger partial charge < -0.3 is 10.8 Å². The van der Waals surface area contributed by atoms with Gasteiger partial charge in [-0.1, -0.05) is 31.2 Å². The average Bonchev–Trinajstić information content (AvgIpc) is 2.18. The Morgan fingerprint density at radius 3 is 2.69 bits per heavy atom. The second kappa shape index (κ2) is 5.00. The Morgan fingerprint density at radius 2 is 2.08 bits per heavy atom. The summed E-state index contributed by atoms with van der Waals surface area (Å²) >= 11 is 0. The number of aliphatic hydroxyl groups is 1. The first-order valence-electron chi connectivity index (χ1n) is 4.70. The van der Waals surface area contributed by atoms with Crippen LogP contribution < -0.4 is 5.73 Å². The molecular weight excluding hydrogens is 162 g/mol. The maximum atomic E-state index is 8.80. The maximum absolute atomic E-state index is 8.80. The molecule has 0 spiro atoms. The van der Waals surface area contributed by atoms with E-state index in [2.05, 4.69) is 25.1 Å². The van der Waals surface area contributed by atoms with Crippen molar-refractivity contribution in [3.8, 4) is 0 Å². The number of hydrogen-bond acceptors (Lipinski definition) is 2. The third-order valence-electron chi connectivity index (χ3n) is 2.13. The van der Waals surface area contributed by atoms with Crippen LogP contribution in [0.5, 0.6) is 0 Å². The Labute approximate surface area is 79.4 Å². The van der Waals surface area contributed by atoms with Crippen LogP contribution >= 0.6 is 0 Å². The molecule has 0 radical (unpaired) electrons. The molecule has 0 bridgehead atoms. The Morgan fingerprint density at radius 1 is 1.38 bits per heavy atom. The van der Waals surface area contributed by atoms with E-state index in [-0.39, 0.29) is 12.6 Å². The fraction of sp³-hybridized carbons (Fsp3) is 0.455. The molecule has 0 aliphatic carbocycles. The van der Waals surface area contributed by atoms with Crippen molar-refractivity contribution in [1.82, 2.24) is 0 Å². The van der Waals surface area contributed by atoms with Gasteiger partial charge in [-0.05, 0) is 24.0 Å². The summed E-state index contributed by atoms with van der Waals surface area (Å²) in [4.78, 5) is 0. The first-order chi connectivity index (χ1) is 6.26. The SMILES string of the molecule is CCc1cccc(CC(N)CO)c1. The number of hydrogen-bond donors (Lipinski definition) is 2. The quantitative estimate of drug-likeness (QED) is 0.727. The molecule has 1 atom stereocenters. The summed E-state index contributed by atoms with van der Waals surface area (Å²) in [6, 6.07) is 8.21. The number of aryl methyl sites for hydroxylation is 1. The predicted octanol–water partition coefficient (Wildman–Crippen LogP) is 1.11. The first-order valence-corrected chi connectivity index (χ1v) is 4.70. The molecule has 1 aromatic rings. The molecule has 0 fully saturated rings. The van der Waals surface area contributed by atoms with Crippen molar-refractivity contribution in [2.24, 2.45) is 5.73 Å². The van der Waals surface area contributed by atoms with E-state index in [9.17, 15) is 0 Å². The van der Waals surface area contributed by atoms with E-state index >= 15 is 0 Å². The molecule has 13 heavy (non-hydrogen) atoms. The summed E-state index contributed by atoms with van der Waals surface area (Å²) in [5.74, 6) is 0. The van der Waals surface area contributed by atoms with Gasteiger partial charge in [0, 0.05) is 6.04 Å². The van der Waals surface area contributed by atoms with Crippen molar-refractivity contribution < 1.29 is 5.11 Å². The molecule has 0 saturated heterocycles. The minimum atomic E-state index is -0.132. The zero-order valence-electron chi connectivity index (χ0n) is 8.03. The van der Waals surface area contributed by atoms with Gasteiger partial charge in [0.15, 0.2) is 0 Å². The lowest BCUT2D eigenvalue weighted by Gasteiger charge is -2.08. The third kappa shape index (κ3) is 3.17.